The highest BCUT2D eigenvalue weighted by molar-refractivity contribution is 7.17. The van der Waals surface area contributed by atoms with Gasteiger partial charge in [0, 0.05) is 35.5 Å². The molecule has 0 radical (unpaired) electrons. The van der Waals surface area contributed by atoms with Crippen LogP contribution in [0.2, 0.25) is 0 Å². The molecule has 4 heteroatoms. The zero-order valence-electron chi connectivity index (χ0n) is 15.3. The van der Waals surface area contributed by atoms with Crippen LogP contribution in [0.3, 0.4) is 0 Å². The fourth-order valence-electron chi connectivity index (χ4n) is 4.09. The molecule has 3 heterocycles. The quantitative estimate of drug-likeness (QED) is 0.488. The minimum atomic E-state index is 0.411. The summed E-state index contributed by atoms with van der Waals surface area (Å²) in [7, 11) is 0. The van der Waals surface area contributed by atoms with Crippen molar-refractivity contribution in [2.75, 3.05) is 13.1 Å². The van der Waals surface area contributed by atoms with Crippen LogP contribution in [0.1, 0.15) is 29.5 Å². The molecule has 1 aliphatic rings. The lowest BCUT2D eigenvalue weighted by atomic mass is 9.83. The molecule has 0 amide bonds. The van der Waals surface area contributed by atoms with Gasteiger partial charge in [-0.25, -0.2) is 0 Å². The van der Waals surface area contributed by atoms with E-state index in [-0.39, 0.29) is 0 Å². The van der Waals surface area contributed by atoms with Gasteiger partial charge in [-0.1, -0.05) is 25.1 Å². The van der Waals surface area contributed by atoms with Crippen molar-refractivity contribution >= 4 is 21.4 Å². The van der Waals surface area contributed by atoms with Crippen LogP contribution in [-0.2, 0) is 6.54 Å². The second-order valence-electron chi connectivity index (χ2n) is 7.12. The summed E-state index contributed by atoms with van der Waals surface area (Å²) in [6.07, 6.45) is 1.72. The fourth-order valence-corrected chi connectivity index (χ4v) is 4.86. The SMILES string of the molecule is CCN1Cc2cc(-c3cccnn3)ccc2C(c2ccc3sccc3c2)C1. The average molecular weight is 372 g/mol. The number of benzene rings is 2. The van der Waals surface area contributed by atoms with E-state index in [4.69, 9.17) is 0 Å². The summed E-state index contributed by atoms with van der Waals surface area (Å²) in [4.78, 5) is 2.53. The van der Waals surface area contributed by atoms with Gasteiger partial charge in [-0.05, 0) is 70.4 Å². The minimum absolute atomic E-state index is 0.411. The van der Waals surface area contributed by atoms with Crippen molar-refractivity contribution in [1.29, 1.82) is 0 Å². The lowest BCUT2D eigenvalue weighted by Crippen LogP contribution is -2.33. The van der Waals surface area contributed by atoms with Crippen LogP contribution >= 0.6 is 11.3 Å². The van der Waals surface area contributed by atoms with Crippen molar-refractivity contribution in [2.24, 2.45) is 0 Å². The van der Waals surface area contributed by atoms with Gasteiger partial charge in [0.1, 0.15) is 0 Å². The summed E-state index contributed by atoms with van der Waals surface area (Å²) < 4.78 is 1.36. The monoisotopic (exact) mass is 371 g/mol. The lowest BCUT2D eigenvalue weighted by molar-refractivity contribution is 0.253. The molecule has 0 saturated carbocycles. The van der Waals surface area contributed by atoms with E-state index in [1.807, 2.05) is 23.5 Å². The molecular weight excluding hydrogens is 350 g/mol. The highest BCUT2D eigenvalue weighted by atomic mass is 32.1. The maximum Gasteiger partial charge on any atom is 0.0929 e. The summed E-state index contributed by atoms with van der Waals surface area (Å²) in [6, 6.07) is 19.9. The lowest BCUT2D eigenvalue weighted by Gasteiger charge is -2.34. The summed E-state index contributed by atoms with van der Waals surface area (Å²) in [5.74, 6) is 0.411. The number of nitrogens with zero attached hydrogens (tertiary/aromatic N) is 3. The Morgan fingerprint density at radius 2 is 2.07 bits per heavy atom. The van der Waals surface area contributed by atoms with Gasteiger partial charge >= 0.3 is 0 Å². The zero-order chi connectivity index (χ0) is 18.2. The van der Waals surface area contributed by atoms with Crippen molar-refractivity contribution in [3.8, 4) is 11.3 Å². The Kier molecular flexibility index (Phi) is 4.23. The van der Waals surface area contributed by atoms with Crippen LogP contribution in [0.5, 0.6) is 0 Å². The maximum atomic E-state index is 4.28. The van der Waals surface area contributed by atoms with Crippen LogP contribution in [0.25, 0.3) is 21.3 Å². The first-order chi connectivity index (χ1) is 13.3. The summed E-state index contributed by atoms with van der Waals surface area (Å²) in [6.45, 7) is 5.38. The van der Waals surface area contributed by atoms with E-state index in [2.05, 4.69) is 69.9 Å². The first-order valence-electron chi connectivity index (χ1n) is 9.42. The molecule has 2 aromatic carbocycles. The second kappa shape index (κ2) is 6.87. The van der Waals surface area contributed by atoms with Crippen LogP contribution < -0.4 is 0 Å². The first kappa shape index (κ1) is 16.6. The van der Waals surface area contributed by atoms with E-state index in [1.165, 1.54) is 26.8 Å². The van der Waals surface area contributed by atoms with Crippen LogP contribution in [-0.4, -0.2) is 28.2 Å². The number of fused-ring (bicyclic) bond motifs is 2. The van der Waals surface area contributed by atoms with Gasteiger partial charge in [0.15, 0.2) is 0 Å². The standard InChI is InChI=1S/C23H21N3S/c1-2-26-14-19-13-17(22-4-3-10-24-25-22)5-7-20(19)21(15-26)16-6-8-23-18(12-16)9-11-27-23/h3-13,21H,2,14-15H2,1H3. The Bertz CT molecular complexity index is 1090. The van der Waals surface area contributed by atoms with E-state index >= 15 is 0 Å². The molecule has 0 aliphatic carbocycles. The largest absolute Gasteiger partial charge is 0.298 e. The molecule has 0 N–H and O–H groups in total. The molecule has 1 aliphatic heterocycles. The Labute approximate surface area is 163 Å². The highest BCUT2D eigenvalue weighted by Gasteiger charge is 2.26. The third-order valence-electron chi connectivity index (χ3n) is 5.55. The number of rotatable bonds is 3. The van der Waals surface area contributed by atoms with Gasteiger partial charge in [-0.15, -0.1) is 11.3 Å². The molecule has 3 nitrogen and oxygen atoms in total. The average Bonchev–Trinajstić information content (AvgIpc) is 3.21. The third kappa shape index (κ3) is 3.05. The van der Waals surface area contributed by atoms with E-state index < -0.39 is 0 Å². The van der Waals surface area contributed by atoms with Gasteiger partial charge < -0.3 is 0 Å². The summed E-state index contributed by atoms with van der Waals surface area (Å²) in [5.41, 5.74) is 6.34. The zero-order valence-corrected chi connectivity index (χ0v) is 16.1. The van der Waals surface area contributed by atoms with Crippen LogP contribution in [0.4, 0.5) is 0 Å². The fraction of sp³-hybridized carbons (Fsp3) is 0.217. The first-order valence-corrected chi connectivity index (χ1v) is 10.3. The molecule has 0 spiro atoms. The van der Waals surface area contributed by atoms with Crippen LogP contribution in [0.15, 0.2) is 66.2 Å². The number of thiophene rings is 1. The van der Waals surface area contributed by atoms with Crippen molar-refractivity contribution in [3.63, 3.8) is 0 Å². The third-order valence-corrected chi connectivity index (χ3v) is 6.45. The molecule has 0 saturated heterocycles. The smallest absolute Gasteiger partial charge is 0.0929 e. The maximum absolute atomic E-state index is 4.28. The van der Waals surface area contributed by atoms with E-state index in [1.54, 1.807) is 6.20 Å². The Balaban J connectivity index is 1.59. The Morgan fingerprint density at radius 3 is 2.93 bits per heavy atom. The highest BCUT2D eigenvalue weighted by Crippen LogP contribution is 2.37. The van der Waals surface area contributed by atoms with Gasteiger partial charge in [0.05, 0.1) is 5.69 Å². The second-order valence-corrected chi connectivity index (χ2v) is 8.07. The van der Waals surface area contributed by atoms with E-state index in [9.17, 15) is 0 Å². The summed E-state index contributed by atoms with van der Waals surface area (Å²) >= 11 is 1.81. The van der Waals surface area contributed by atoms with E-state index in [0.29, 0.717) is 5.92 Å². The normalized spacial score (nSPS) is 17.1. The van der Waals surface area contributed by atoms with Crippen molar-refractivity contribution in [3.05, 3.63) is 82.9 Å². The van der Waals surface area contributed by atoms with Crippen molar-refractivity contribution in [1.82, 2.24) is 15.1 Å². The Hall–Kier alpha value is -2.56. The molecule has 4 aromatic rings. The number of aromatic nitrogens is 2. The minimum Gasteiger partial charge on any atom is -0.298 e. The van der Waals surface area contributed by atoms with Crippen molar-refractivity contribution in [2.45, 2.75) is 19.4 Å². The summed E-state index contributed by atoms with van der Waals surface area (Å²) in [5, 5.41) is 11.8. The van der Waals surface area contributed by atoms with E-state index in [0.717, 1.165) is 30.9 Å². The molecule has 5 rings (SSSR count). The molecule has 27 heavy (non-hydrogen) atoms. The molecule has 1 atom stereocenters. The predicted molar refractivity (Wildman–Crippen MR) is 112 cm³/mol. The molecule has 0 fully saturated rings. The molecule has 2 aromatic heterocycles. The van der Waals surface area contributed by atoms with Gasteiger partial charge in [-0.3, -0.25) is 4.90 Å². The number of hydrogen-bond donors (Lipinski definition) is 0. The van der Waals surface area contributed by atoms with Gasteiger partial charge in [0.25, 0.3) is 0 Å². The van der Waals surface area contributed by atoms with Gasteiger partial charge in [0.2, 0.25) is 0 Å². The molecule has 1 unspecified atom stereocenters. The number of likely N-dealkylation sites (N-methyl/N-ethyl adjacent to an activating group) is 1. The van der Waals surface area contributed by atoms with Crippen LogP contribution in [0, 0.1) is 0 Å². The Morgan fingerprint density at radius 1 is 1.11 bits per heavy atom. The molecule has 0 bridgehead atoms. The number of hydrogen-bond acceptors (Lipinski definition) is 4. The molecular formula is C23H21N3S. The van der Waals surface area contributed by atoms with Crippen molar-refractivity contribution < 1.29 is 0 Å². The predicted octanol–water partition coefficient (Wildman–Crippen LogP) is 5.33. The molecule has 134 valence electrons. The topological polar surface area (TPSA) is 29.0 Å². The van der Waals surface area contributed by atoms with Gasteiger partial charge in [-0.2, -0.15) is 10.2 Å².